The van der Waals surface area contributed by atoms with E-state index < -0.39 is 6.60 Å². The molecule has 0 rings (SSSR count). The zero-order valence-corrected chi connectivity index (χ0v) is 10.7. The van der Waals surface area contributed by atoms with Gasteiger partial charge in [0.05, 0.1) is 0 Å². The molecule has 12 heavy (non-hydrogen) atoms. The van der Waals surface area contributed by atoms with Crippen LogP contribution < -0.4 is 0 Å². The molecule has 0 fully saturated rings. The van der Waals surface area contributed by atoms with Crippen molar-refractivity contribution >= 4 is 6.60 Å². The molecule has 0 aliphatic rings. The van der Waals surface area contributed by atoms with E-state index in [4.69, 9.17) is 0 Å². The zero-order valence-electron chi connectivity index (χ0n) is 9.85. The van der Waals surface area contributed by atoms with Gasteiger partial charge in [-0.05, 0) is 0 Å². The summed E-state index contributed by atoms with van der Waals surface area (Å²) in [5, 5.41) is 0. The summed E-state index contributed by atoms with van der Waals surface area (Å²) >= 11 is 0. The fourth-order valence-corrected chi connectivity index (χ4v) is 4.38. The fraction of sp³-hybridized carbons (Fsp3) is 1.00. The van der Waals surface area contributed by atoms with Crippen LogP contribution in [0.15, 0.2) is 0 Å². The summed E-state index contributed by atoms with van der Waals surface area (Å²) in [5.74, 6) is 0. The predicted molar refractivity (Wildman–Crippen MR) is 64.2 cm³/mol. The van der Waals surface area contributed by atoms with Gasteiger partial charge in [-0.3, -0.25) is 0 Å². The third-order valence-corrected chi connectivity index (χ3v) is 11.4. The van der Waals surface area contributed by atoms with Gasteiger partial charge in [-0.1, -0.05) is 0 Å². The molecule has 0 aromatic carbocycles. The maximum absolute atomic E-state index is 2.58. The van der Waals surface area contributed by atoms with Crippen molar-refractivity contribution in [2.45, 2.75) is 46.2 Å². The first-order valence-corrected chi connectivity index (χ1v) is 8.92. The van der Waals surface area contributed by atoms with Gasteiger partial charge in [0.25, 0.3) is 0 Å². The summed E-state index contributed by atoms with van der Waals surface area (Å²) in [5.41, 5.74) is 0.910. The second kappa shape index (κ2) is 4.09. The Morgan fingerprint density at radius 1 is 1.08 bits per heavy atom. The molecule has 0 atom stereocenters. The van der Waals surface area contributed by atoms with E-state index in [0.717, 1.165) is 5.66 Å². The van der Waals surface area contributed by atoms with E-state index in [1.807, 2.05) is 0 Å². The van der Waals surface area contributed by atoms with Gasteiger partial charge in [-0.15, -0.1) is 0 Å². The molecule has 0 radical (unpaired) electrons. The van der Waals surface area contributed by atoms with Crippen LogP contribution in [-0.2, 0) is 0 Å². The molecule has 0 bridgehead atoms. The quantitative estimate of drug-likeness (QED) is 0.574. The van der Waals surface area contributed by atoms with Crippen LogP contribution >= 0.6 is 6.60 Å². The molecule has 0 aliphatic carbocycles. The number of hydrogen-bond donors (Lipinski definition) is 0. The van der Waals surface area contributed by atoms with Crippen LogP contribution in [0, 0.1) is 0 Å². The number of hydrogen-bond acceptors (Lipinski definition) is 0. The van der Waals surface area contributed by atoms with Crippen molar-refractivity contribution in [2.75, 3.05) is 25.7 Å². The average molecular weight is 190 g/mol. The summed E-state index contributed by atoms with van der Waals surface area (Å²) in [7, 11) is 0. The van der Waals surface area contributed by atoms with Gasteiger partial charge >= 0.3 is 78.5 Å². The predicted octanol–water partition coefficient (Wildman–Crippen LogP) is 4.03. The monoisotopic (exact) mass is 190 g/mol. The van der Waals surface area contributed by atoms with Crippen molar-refractivity contribution < 1.29 is 0 Å². The van der Waals surface area contributed by atoms with Gasteiger partial charge < -0.3 is 0 Å². The van der Waals surface area contributed by atoms with Gasteiger partial charge in [-0.2, -0.15) is 0 Å². The summed E-state index contributed by atoms with van der Waals surface area (Å²) < 4.78 is 0. The van der Waals surface area contributed by atoms with E-state index in [0.29, 0.717) is 0 Å². The molecule has 0 aliphatic heterocycles. The van der Waals surface area contributed by atoms with Crippen LogP contribution in [0.2, 0.25) is 0 Å². The fourth-order valence-electron chi connectivity index (χ4n) is 1.46. The zero-order chi connectivity index (χ0) is 9.85. The molecule has 0 spiro atoms. The molecule has 0 heterocycles. The Morgan fingerprint density at radius 3 is 1.83 bits per heavy atom. The topological polar surface area (TPSA) is 0 Å². The van der Waals surface area contributed by atoms with Crippen LogP contribution in [0.25, 0.3) is 0 Å². The molecule has 0 unspecified atom stereocenters. The van der Waals surface area contributed by atoms with Crippen molar-refractivity contribution in [1.82, 2.24) is 0 Å². The SMILES string of the molecule is CCCCP(C)(C)(CC)C(C)C. The molecule has 0 aromatic heterocycles. The summed E-state index contributed by atoms with van der Waals surface area (Å²) in [6.07, 6.45) is 5.70. The van der Waals surface area contributed by atoms with Crippen LogP contribution in [0.1, 0.15) is 40.5 Å². The molecule has 1 heteroatoms. The van der Waals surface area contributed by atoms with Gasteiger partial charge in [0, 0.05) is 0 Å². The minimum absolute atomic E-state index is 0.910. The molecule has 0 aromatic rings. The normalized spacial score (nSPS) is 16.1. The molecule has 0 amide bonds. The minimum atomic E-state index is -1.29. The van der Waals surface area contributed by atoms with E-state index in [2.05, 4.69) is 41.0 Å². The first kappa shape index (κ1) is 12.4. The van der Waals surface area contributed by atoms with Crippen molar-refractivity contribution in [3.63, 3.8) is 0 Å². The van der Waals surface area contributed by atoms with E-state index >= 15 is 0 Å². The summed E-state index contributed by atoms with van der Waals surface area (Å²) in [4.78, 5) is 0. The van der Waals surface area contributed by atoms with Crippen LogP contribution in [0.3, 0.4) is 0 Å². The summed E-state index contributed by atoms with van der Waals surface area (Å²) in [6, 6.07) is 0. The van der Waals surface area contributed by atoms with Gasteiger partial charge in [0.2, 0.25) is 0 Å². The maximum atomic E-state index is 2.58. The molecular weight excluding hydrogens is 163 g/mol. The molecule has 76 valence electrons. The van der Waals surface area contributed by atoms with Crippen molar-refractivity contribution in [2.24, 2.45) is 0 Å². The third kappa shape index (κ3) is 2.73. The van der Waals surface area contributed by atoms with Gasteiger partial charge in [-0.25, -0.2) is 0 Å². The average Bonchev–Trinajstić information content (AvgIpc) is 2.02. The number of unbranched alkanes of at least 4 members (excludes halogenated alkanes) is 1. The third-order valence-electron chi connectivity index (χ3n) is 4.05. The molecular formula is C11H27P. The molecule has 0 saturated heterocycles. The Morgan fingerprint density at radius 2 is 1.58 bits per heavy atom. The van der Waals surface area contributed by atoms with E-state index in [-0.39, 0.29) is 0 Å². The first-order valence-electron chi connectivity index (χ1n) is 5.35. The molecule has 0 saturated carbocycles. The van der Waals surface area contributed by atoms with E-state index in [9.17, 15) is 0 Å². The van der Waals surface area contributed by atoms with Crippen molar-refractivity contribution in [3.8, 4) is 0 Å². The second-order valence-corrected chi connectivity index (χ2v) is 13.1. The molecule has 0 N–H and O–H groups in total. The standard InChI is InChI=1S/C11H27P/c1-7-9-10-12(5,6,8-2)11(3)4/h11H,7-10H2,1-6H3. The second-order valence-electron chi connectivity index (χ2n) is 5.30. The van der Waals surface area contributed by atoms with Gasteiger partial charge in [0.15, 0.2) is 0 Å². The summed E-state index contributed by atoms with van der Waals surface area (Å²) in [6.45, 7) is 13.4. The first-order chi connectivity index (χ1) is 5.35. The van der Waals surface area contributed by atoms with Crippen molar-refractivity contribution in [3.05, 3.63) is 0 Å². The Balaban J connectivity index is 4.40. The van der Waals surface area contributed by atoms with E-state index in [1.165, 1.54) is 25.2 Å². The Bertz CT molecular complexity index is 136. The number of rotatable bonds is 5. The Labute approximate surface area is 79.1 Å². The van der Waals surface area contributed by atoms with Crippen LogP contribution in [-0.4, -0.2) is 31.3 Å². The van der Waals surface area contributed by atoms with Crippen LogP contribution in [0.5, 0.6) is 0 Å². The Hall–Kier alpha value is 0.430. The van der Waals surface area contributed by atoms with Gasteiger partial charge in [0.1, 0.15) is 0 Å². The Kier molecular flexibility index (Phi) is 4.24. The molecule has 0 nitrogen and oxygen atoms in total. The van der Waals surface area contributed by atoms with Crippen LogP contribution in [0.4, 0.5) is 0 Å². The van der Waals surface area contributed by atoms with Crippen molar-refractivity contribution in [1.29, 1.82) is 0 Å². The van der Waals surface area contributed by atoms with E-state index in [1.54, 1.807) is 0 Å².